The van der Waals surface area contributed by atoms with Crippen LogP contribution in [0.1, 0.15) is 67.1 Å². The van der Waals surface area contributed by atoms with Gasteiger partial charge in [-0.2, -0.15) is 5.10 Å². The summed E-state index contributed by atoms with van der Waals surface area (Å²) in [5, 5.41) is 6.46. The Morgan fingerprint density at radius 1 is 1.05 bits per heavy atom. The van der Waals surface area contributed by atoms with Gasteiger partial charge in [0, 0.05) is 53.9 Å². The van der Waals surface area contributed by atoms with Crippen LogP contribution in [-0.4, -0.2) is 26.3 Å². The van der Waals surface area contributed by atoms with Crippen molar-refractivity contribution in [3.63, 3.8) is 0 Å². The van der Waals surface area contributed by atoms with E-state index in [1.54, 1.807) is 6.07 Å². The van der Waals surface area contributed by atoms with Gasteiger partial charge in [-0.3, -0.25) is 0 Å². The molecule has 0 aliphatic carbocycles. The van der Waals surface area contributed by atoms with Gasteiger partial charge in [0.15, 0.2) is 11.6 Å². The van der Waals surface area contributed by atoms with Crippen molar-refractivity contribution in [3.8, 4) is 16.9 Å². The number of nitrogens with one attached hydrogen (secondary N) is 1. The number of aromatic amines is 1. The minimum atomic E-state index is -0.258. The zero-order valence-corrected chi connectivity index (χ0v) is 23.5. The first kappa shape index (κ1) is 25.4. The van der Waals surface area contributed by atoms with Crippen molar-refractivity contribution < 1.29 is 4.39 Å². The van der Waals surface area contributed by atoms with E-state index in [1.807, 2.05) is 12.4 Å². The van der Waals surface area contributed by atoms with Crippen LogP contribution in [-0.2, 0) is 25.8 Å². The number of pyridine rings is 1. The molecule has 5 nitrogen and oxygen atoms in total. The van der Waals surface area contributed by atoms with Gasteiger partial charge in [0.1, 0.15) is 0 Å². The van der Waals surface area contributed by atoms with Gasteiger partial charge < -0.3 is 9.88 Å². The van der Waals surface area contributed by atoms with Crippen LogP contribution in [0.15, 0.2) is 54.9 Å². The molecule has 39 heavy (non-hydrogen) atoms. The van der Waals surface area contributed by atoms with E-state index in [-0.39, 0.29) is 11.7 Å². The first-order valence-electron chi connectivity index (χ1n) is 14.1. The quantitative estimate of drug-likeness (QED) is 0.249. The summed E-state index contributed by atoms with van der Waals surface area (Å²) < 4.78 is 17.5. The van der Waals surface area contributed by atoms with E-state index in [1.165, 1.54) is 27.8 Å². The molecule has 0 amide bonds. The first-order valence-corrected chi connectivity index (χ1v) is 14.1. The highest BCUT2D eigenvalue weighted by molar-refractivity contribution is 5.97. The lowest BCUT2D eigenvalue weighted by molar-refractivity contribution is 0.595. The maximum atomic E-state index is 15.3. The molecular formula is C33H36FN5. The number of halogens is 1. The highest BCUT2D eigenvalue weighted by atomic mass is 19.1. The fourth-order valence-corrected chi connectivity index (χ4v) is 5.98. The van der Waals surface area contributed by atoms with Crippen molar-refractivity contribution in [2.75, 3.05) is 11.4 Å². The van der Waals surface area contributed by atoms with Gasteiger partial charge >= 0.3 is 0 Å². The number of hydrogen-bond acceptors (Lipinski definition) is 3. The van der Waals surface area contributed by atoms with E-state index in [0.717, 1.165) is 52.9 Å². The van der Waals surface area contributed by atoms with E-state index in [0.29, 0.717) is 18.9 Å². The predicted molar refractivity (Wildman–Crippen MR) is 157 cm³/mol. The summed E-state index contributed by atoms with van der Waals surface area (Å²) >= 11 is 0. The van der Waals surface area contributed by atoms with Gasteiger partial charge in [0.05, 0.1) is 17.1 Å². The molecule has 200 valence electrons. The molecular weight excluding hydrogens is 485 g/mol. The second-order valence-corrected chi connectivity index (χ2v) is 10.9. The van der Waals surface area contributed by atoms with E-state index >= 15 is 4.39 Å². The molecule has 2 aromatic carbocycles. The van der Waals surface area contributed by atoms with Crippen molar-refractivity contribution in [2.24, 2.45) is 0 Å². The molecule has 0 radical (unpaired) electrons. The summed E-state index contributed by atoms with van der Waals surface area (Å²) in [4.78, 5) is 10.1. The summed E-state index contributed by atoms with van der Waals surface area (Å²) in [6, 6.07) is 14.8. The fourth-order valence-electron chi connectivity index (χ4n) is 5.98. The monoisotopic (exact) mass is 521 g/mol. The molecule has 0 unspecified atom stereocenters. The van der Waals surface area contributed by atoms with Gasteiger partial charge in [0.25, 0.3) is 0 Å². The number of para-hydroxylation sites is 1. The molecule has 1 aliphatic rings. The third-order valence-corrected chi connectivity index (χ3v) is 8.21. The molecule has 0 spiro atoms. The number of aryl methyl sites for hydroxylation is 3. The van der Waals surface area contributed by atoms with Gasteiger partial charge in [-0.25, -0.2) is 14.1 Å². The van der Waals surface area contributed by atoms with Gasteiger partial charge in [-0.15, -0.1) is 0 Å². The number of rotatable bonds is 6. The molecule has 0 atom stereocenters. The fraction of sp³-hybridized carbons (Fsp3) is 0.333. The Hall–Kier alpha value is -3.93. The summed E-state index contributed by atoms with van der Waals surface area (Å²) in [5.74, 6) is 0.393. The maximum Gasteiger partial charge on any atom is 0.165 e. The van der Waals surface area contributed by atoms with Crippen LogP contribution < -0.4 is 4.90 Å². The molecule has 1 aliphatic heterocycles. The average molecular weight is 522 g/mol. The maximum absolute atomic E-state index is 15.3. The Labute approximate surface area is 229 Å². The molecule has 1 N–H and O–H groups in total. The van der Waals surface area contributed by atoms with Crippen molar-refractivity contribution in [1.82, 2.24) is 19.7 Å². The lowest BCUT2D eigenvalue weighted by atomic mass is 9.96. The van der Waals surface area contributed by atoms with Gasteiger partial charge in [0.2, 0.25) is 0 Å². The third kappa shape index (κ3) is 4.22. The van der Waals surface area contributed by atoms with Crippen LogP contribution in [0.5, 0.6) is 0 Å². The predicted octanol–water partition coefficient (Wildman–Crippen LogP) is 7.67. The van der Waals surface area contributed by atoms with Crippen LogP contribution >= 0.6 is 0 Å². The number of benzene rings is 2. The standard InChI is InChI=1S/C33H36FN5/c1-6-22-9-8-10-23(7-2)31(22)39-32(26-12-11-21(5)30-25(26)13-15-35-30)27-19-38(16-14-29(27)37-39)33-28(34)17-24(18-36-33)20(3)4/h8-13,15,17-18,20,35H,6-7,14,16,19H2,1-5H3. The topological polar surface area (TPSA) is 49.7 Å². The molecule has 0 saturated carbocycles. The first-order chi connectivity index (χ1) is 18.9. The Bertz CT molecular complexity index is 1650. The average Bonchev–Trinajstić information content (AvgIpc) is 3.58. The number of hydrogen-bond donors (Lipinski definition) is 1. The summed E-state index contributed by atoms with van der Waals surface area (Å²) in [5.41, 5.74) is 11.5. The molecule has 6 heteroatoms. The number of anilines is 1. The highest BCUT2D eigenvalue weighted by Crippen LogP contribution is 2.39. The Kier molecular flexibility index (Phi) is 6.49. The normalized spacial score (nSPS) is 13.5. The Morgan fingerprint density at radius 2 is 1.82 bits per heavy atom. The minimum absolute atomic E-state index is 0.232. The van der Waals surface area contributed by atoms with Gasteiger partial charge in [-0.1, -0.05) is 58.0 Å². The number of fused-ring (bicyclic) bond motifs is 2. The molecule has 4 heterocycles. The molecule has 0 fully saturated rings. The van der Waals surface area contributed by atoms with Crippen molar-refractivity contribution in [3.05, 3.63) is 94.2 Å². The van der Waals surface area contributed by atoms with E-state index in [9.17, 15) is 0 Å². The number of H-pyrrole nitrogens is 1. The zero-order chi connectivity index (χ0) is 27.3. The molecule has 6 rings (SSSR count). The van der Waals surface area contributed by atoms with Crippen LogP contribution in [0.25, 0.3) is 27.8 Å². The summed E-state index contributed by atoms with van der Waals surface area (Å²) in [7, 11) is 0. The summed E-state index contributed by atoms with van der Waals surface area (Å²) in [6.45, 7) is 11.9. The largest absolute Gasteiger partial charge is 0.361 e. The van der Waals surface area contributed by atoms with E-state index in [2.05, 4.69) is 90.6 Å². The number of nitrogens with zero attached hydrogens (tertiary/aromatic N) is 4. The lowest BCUT2D eigenvalue weighted by Crippen LogP contribution is -2.31. The zero-order valence-electron chi connectivity index (χ0n) is 23.5. The van der Waals surface area contributed by atoms with E-state index < -0.39 is 0 Å². The van der Waals surface area contributed by atoms with Gasteiger partial charge in [-0.05, 0) is 60.1 Å². The van der Waals surface area contributed by atoms with Crippen LogP contribution in [0.2, 0.25) is 0 Å². The smallest absolute Gasteiger partial charge is 0.165 e. The second-order valence-electron chi connectivity index (χ2n) is 10.9. The second kappa shape index (κ2) is 9.99. The van der Waals surface area contributed by atoms with Crippen LogP contribution in [0.3, 0.4) is 0 Å². The van der Waals surface area contributed by atoms with Crippen LogP contribution in [0.4, 0.5) is 10.2 Å². The molecule has 5 aromatic rings. The summed E-state index contributed by atoms with van der Waals surface area (Å²) in [6.07, 6.45) is 6.40. The van der Waals surface area contributed by atoms with Crippen molar-refractivity contribution >= 4 is 16.7 Å². The minimum Gasteiger partial charge on any atom is -0.361 e. The number of aromatic nitrogens is 4. The van der Waals surface area contributed by atoms with Crippen molar-refractivity contribution in [2.45, 2.75) is 66.3 Å². The van der Waals surface area contributed by atoms with Crippen molar-refractivity contribution in [1.29, 1.82) is 0 Å². The Balaban J connectivity index is 1.57. The third-order valence-electron chi connectivity index (χ3n) is 8.21. The lowest BCUT2D eigenvalue weighted by Gasteiger charge is -2.28. The van der Waals surface area contributed by atoms with E-state index in [4.69, 9.17) is 5.10 Å². The SMILES string of the molecule is CCc1cccc(CC)c1-n1nc2c(c1-c1ccc(C)c3[nH]ccc13)CN(c1ncc(C(C)C)cc1F)CC2. The Morgan fingerprint density at radius 3 is 2.51 bits per heavy atom. The highest BCUT2D eigenvalue weighted by Gasteiger charge is 2.30. The molecule has 0 saturated heterocycles. The van der Waals surface area contributed by atoms with Crippen LogP contribution in [0, 0.1) is 12.7 Å². The molecule has 0 bridgehead atoms. The molecule has 3 aromatic heterocycles.